The Labute approximate surface area is 150 Å². The predicted octanol–water partition coefficient (Wildman–Crippen LogP) is 0.943. The number of ether oxygens (including phenoxy) is 1. The van der Waals surface area contributed by atoms with Gasteiger partial charge in [-0.25, -0.2) is 14.7 Å². The number of hydrazone groups is 1. The number of fused-ring (bicyclic) bond motifs is 1. The second-order valence-corrected chi connectivity index (χ2v) is 6.29. The Kier molecular flexibility index (Phi) is 4.35. The summed E-state index contributed by atoms with van der Waals surface area (Å²) in [5, 5.41) is 4.82. The summed E-state index contributed by atoms with van der Waals surface area (Å²) in [7, 11) is 0. The van der Waals surface area contributed by atoms with Gasteiger partial charge in [-0.05, 0) is 32.4 Å². The number of hydrogen-bond acceptors (Lipinski definition) is 6. The van der Waals surface area contributed by atoms with Gasteiger partial charge in [0.05, 0.1) is 12.3 Å². The van der Waals surface area contributed by atoms with E-state index in [4.69, 9.17) is 4.74 Å². The molecule has 0 aliphatic carbocycles. The summed E-state index contributed by atoms with van der Waals surface area (Å²) in [5.41, 5.74) is 1.96. The van der Waals surface area contributed by atoms with Crippen LogP contribution >= 0.6 is 0 Å². The molecule has 1 fully saturated rings. The van der Waals surface area contributed by atoms with E-state index in [0.717, 1.165) is 21.0 Å². The zero-order chi connectivity index (χ0) is 19.2. The summed E-state index contributed by atoms with van der Waals surface area (Å²) in [4.78, 5) is 51.1. The molecular weight excluding hydrogens is 338 g/mol. The molecule has 1 aromatic rings. The smallest absolute Gasteiger partial charge is 0.355 e. The number of carbonyl (C=O) groups excluding carboxylic acids is 4. The first-order chi connectivity index (χ1) is 12.3. The molecule has 3 amide bonds. The second kappa shape index (κ2) is 6.36. The first-order valence-electron chi connectivity index (χ1n) is 8.28. The van der Waals surface area contributed by atoms with Crippen LogP contribution in [-0.4, -0.2) is 47.1 Å². The van der Waals surface area contributed by atoms with Crippen molar-refractivity contribution in [1.29, 1.82) is 0 Å². The van der Waals surface area contributed by atoms with Gasteiger partial charge in [0, 0.05) is 6.92 Å². The number of anilines is 1. The minimum Gasteiger partial charge on any atom is -0.461 e. The normalized spacial score (nSPS) is 21.8. The predicted molar refractivity (Wildman–Crippen MR) is 92.3 cm³/mol. The summed E-state index contributed by atoms with van der Waals surface area (Å²) in [6, 6.07) is 4.17. The van der Waals surface area contributed by atoms with E-state index < -0.39 is 35.7 Å². The highest BCUT2D eigenvalue weighted by atomic mass is 16.5. The van der Waals surface area contributed by atoms with Crippen LogP contribution in [0.15, 0.2) is 23.3 Å². The molecule has 2 heterocycles. The lowest BCUT2D eigenvalue weighted by Crippen LogP contribution is -2.41. The Morgan fingerprint density at radius 2 is 1.88 bits per heavy atom. The highest BCUT2D eigenvalue weighted by molar-refractivity contribution is 6.47. The quantitative estimate of drug-likeness (QED) is 0.593. The van der Waals surface area contributed by atoms with Crippen LogP contribution in [0.4, 0.5) is 5.69 Å². The van der Waals surface area contributed by atoms with E-state index in [-0.39, 0.29) is 12.3 Å². The van der Waals surface area contributed by atoms with Crippen LogP contribution in [0.1, 0.15) is 25.0 Å². The van der Waals surface area contributed by atoms with Gasteiger partial charge < -0.3 is 4.74 Å². The number of aryl methyl sites for hydroxylation is 2. The van der Waals surface area contributed by atoms with Gasteiger partial charge in [-0.2, -0.15) is 5.10 Å². The number of amides is 3. The summed E-state index contributed by atoms with van der Waals surface area (Å²) >= 11 is 0. The average molecular weight is 357 g/mol. The van der Waals surface area contributed by atoms with E-state index in [1.165, 1.54) is 6.92 Å². The van der Waals surface area contributed by atoms with Crippen molar-refractivity contribution in [3.8, 4) is 0 Å². The fourth-order valence-corrected chi connectivity index (χ4v) is 3.34. The number of benzene rings is 1. The zero-order valence-corrected chi connectivity index (χ0v) is 15.0. The van der Waals surface area contributed by atoms with Crippen molar-refractivity contribution in [3.05, 3.63) is 29.3 Å². The average Bonchev–Trinajstić information content (AvgIpc) is 3.07. The second-order valence-electron chi connectivity index (χ2n) is 6.29. The van der Waals surface area contributed by atoms with Crippen molar-refractivity contribution < 1.29 is 23.9 Å². The highest BCUT2D eigenvalue weighted by Gasteiger charge is 2.59. The lowest BCUT2D eigenvalue weighted by molar-refractivity contribution is -0.136. The van der Waals surface area contributed by atoms with Crippen LogP contribution in [0.3, 0.4) is 0 Å². The summed E-state index contributed by atoms with van der Waals surface area (Å²) in [5.74, 6) is -3.63. The van der Waals surface area contributed by atoms with Crippen LogP contribution < -0.4 is 4.90 Å². The van der Waals surface area contributed by atoms with Gasteiger partial charge in [0.1, 0.15) is 5.92 Å². The fraction of sp³-hybridized carbons (Fsp3) is 0.389. The molecule has 26 heavy (non-hydrogen) atoms. The van der Waals surface area contributed by atoms with E-state index in [1.54, 1.807) is 26.0 Å². The Morgan fingerprint density at radius 1 is 1.19 bits per heavy atom. The minimum atomic E-state index is -1.15. The van der Waals surface area contributed by atoms with Crippen molar-refractivity contribution >= 4 is 35.1 Å². The lowest BCUT2D eigenvalue weighted by Gasteiger charge is -2.20. The van der Waals surface area contributed by atoms with Crippen LogP contribution in [0.2, 0.25) is 0 Å². The monoisotopic (exact) mass is 357 g/mol. The van der Waals surface area contributed by atoms with Gasteiger partial charge in [-0.15, -0.1) is 0 Å². The van der Waals surface area contributed by atoms with E-state index >= 15 is 0 Å². The van der Waals surface area contributed by atoms with Gasteiger partial charge in [-0.1, -0.05) is 17.7 Å². The first kappa shape index (κ1) is 17.8. The van der Waals surface area contributed by atoms with E-state index in [1.807, 2.05) is 13.0 Å². The molecule has 2 atom stereocenters. The van der Waals surface area contributed by atoms with Gasteiger partial charge in [0.15, 0.2) is 11.8 Å². The van der Waals surface area contributed by atoms with Crippen LogP contribution in [-0.2, 0) is 23.9 Å². The third kappa shape index (κ3) is 2.58. The largest absolute Gasteiger partial charge is 0.461 e. The Bertz CT molecular complexity index is 860. The molecule has 1 aromatic carbocycles. The lowest BCUT2D eigenvalue weighted by atomic mass is 9.98. The number of rotatable bonds is 3. The van der Waals surface area contributed by atoms with Crippen molar-refractivity contribution in [3.63, 3.8) is 0 Å². The molecule has 0 bridgehead atoms. The molecule has 3 rings (SSSR count). The molecule has 136 valence electrons. The number of hydrogen-bond donors (Lipinski definition) is 0. The molecule has 0 aromatic heterocycles. The maximum Gasteiger partial charge on any atom is 0.355 e. The van der Waals surface area contributed by atoms with Gasteiger partial charge >= 0.3 is 5.97 Å². The third-order valence-electron chi connectivity index (χ3n) is 4.45. The van der Waals surface area contributed by atoms with E-state index in [2.05, 4.69) is 5.10 Å². The number of nitrogens with zero attached hydrogens (tertiary/aromatic N) is 3. The van der Waals surface area contributed by atoms with Crippen LogP contribution in [0, 0.1) is 19.8 Å². The van der Waals surface area contributed by atoms with E-state index in [0.29, 0.717) is 5.69 Å². The topological polar surface area (TPSA) is 96.3 Å². The standard InChI is InChI=1S/C18H19N3O5/c1-5-26-18(25)14-13-15(21(19-14)11(4)22)17(24)20(16(13)23)12-7-6-9(2)8-10(12)3/h6-8,13,15H,5H2,1-4H3/t13-,15+/m1/s1. The molecule has 2 aliphatic heterocycles. The van der Waals surface area contributed by atoms with Crippen molar-refractivity contribution in [2.75, 3.05) is 11.5 Å². The van der Waals surface area contributed by atoms with Crippen LogP contribution in [0.25, 0.3) is 0 Å². The molecule has 8 heteroatoms. The molecular formula is C18H19N3O5. The maximum absolute atomic E-state index is 13.0. The SMILES string of the molecule is CCOC(=O)C1=NN(C(C)=O)[C@@H]2C(=O)N(c3ccc(C)cc3C)C(=O)[C@H]12. The van der Waals surface area contributed by atoms with Crippen molar-refractivity contribution in [2.24, 2.45) is 11.0 Å². The van der Waals surface area contributed by atoms with Gasteiger partial charge in [0.2, 0.25) is 11.8 Å². The minimum absolute atomic E-state index is 0.0955. The van der Waals surface area contributed by atoms with E-state index in [9.17, 15) is 19.2 Å². The molecule has 0 spiro atoms. The van der Waals surface area contributed by atoms with Gasteiger partial charge in [-0.3, -0.25) is 14.4 Å². The van der Waals surface area contributed by atoms with Crippen molar-refractivity contribution in [1.82, 2.24) is 5.01 Å². The number of carbonyl (C=O) groups is 4. The van der Waals surface area contributed by atoms with Gasteiger partial charge in [0.25, 0.3) is 5.91 Å². The Balaban J connectivity index is 2.06. The van der Waals surface area contributed by atoms with Crippen molar-refractivity contribution in [2.45, 2.75) is 33.7 Å². The van der Waals surface area contributed by atoms with Crippen LogP contribution in [0.5, 0.6) is 0 Å². The maximum atomic E-state index is 13.0. The molecule has 0 unspecified atom stereocenters. The summed E-state index contributed by atoms with van der Waals surface area (Å²) in [6.45, 7) is 6.64. The molecule has 0 radical (unpaired) electrons. The fourth-order valence-electron chi connectivity index (χ4n) is 3.34. The molecule has 2 aliphatic rings. The molecule has 0 N–H and O–H groups in total. The Hall–Kier alpha value is -3.03. The zero-order valence-electron chi connectivity index (χ0n) is 15.0. The molecule has 1 saturated heterocycles. The first-order valence-corrected chi connectivity index (χ1v) is 8.28. The molecule has 8 nitrogen and oxygen atoms in total. The number of esters is 1. The summed E-state index contributed by atoms with van der Waals surface area (Å²) in [6.07, 6.45) is 0. The highest BCUT2D eigenvalue weighted by Crippen LogP contribution is 2.36. The summed E-state index contributed by atoms with van der Waals surface area (Å²) < 4.78 is 4.94. The Morgan fingerprint density at radius 3 is 2.46 bits per heavy atom. The number of imide groups is 1. The molecule has 0 saturated carbocycles. The third-order valence-corrected chi connectivity index (χ3v) is 4.45.